The number of carbonyl (C=O) groups is 2. The summed E-state index contributed by atoms with van der Waals surface area (Å²) in [7, 11) is 0. The summed E-state index contributed by atoms with van der Waals surface area (Å²) >= 11 is 0. The first-order chi connectivity index (χ1) is 13.5. The summed E-state index contributed by atoms with van der Waals surface area (Å²) in [6.45, 7) is 3.92. The summed E-state index contributed by atoms with van der Waals surface area (Å²) in [5, 5.41) is 10.6. The lowest BCUT2D eigenvalue weighted by Crippen LogP contribution is -2.31. The number of nitrogens with zero attached hydrogens (tertiary/aromatic N) is 2. The van der Waals surface area contributed by atoms with E-state index in [1.54, 1.807) is 36.7 Å². The second kappa shape index (κ2) is 6.81. The van der Waals surface area contributed by atoms with Gasteiger partial charge in [0.2, 0.25) is 5.78 Å². The number of amides is 1. The fourth-order valence-corrected chi connectivity index (χ4v) is 3.37. The molecule has 28 heavy (non-hydrogen) atoms. The lowest BCUT2D eigenvalue weighted by molar-refractivity contribution is -0.117. The van der Waals surface area contributed by atoms with Gasteiger partial charge in [0.15, 0.2) is 11.5 Å². The molecule has 6 nitrogen and oxygen atoms in total. The Morgan fingerprint density at radius 3 is 2.61 bits per heavy atom. The van der Waals surface area contributed by atoms with Gasteiger partial charge in [-0.2, -0.15) is 0 Å². The molecule has 1 aliphatic heterocycles. The number of pyridine rings is 1. The zero-order valence-corrected chi connectivity index (χ0v) is 15.4. The summed E-state index contributed by atoms with van der Waals surface area (Å²) in [5.74, 6) is -1.68. The number of hydrogen-bond acceptors (Lipinski definition) is 5. The van der Waals surface area contributed by atoms with Gasteiger partial charge in [0.05, 0.1) is 17.9 Å². The van der Waals surface area contributed by atoms with E-state index < -0.39 is 23.5 Å². The van der Waals surface area contributed by atoms with Crippen LogP contribution in [-0.4, -0.2) is 21.8 Å². The molecule has 2 aromatic heterocycles. The van der Waals surface area contributed by atoms with Crippen molar-refractivity contribution >= 4 is 17.4 Å². The van der Waals surface area contributed by atoms with Crippen molar-refractivity contribution in [1.82, 2.24) is 4.98 Å². The molecule has 1 aliphatic rings. The predicted octanol–water partition coefficient (Wildman–Crippen LogP) is 4.07. The van der Waals surface area contributed by atoms with Crippen molar-refractivity contribution in [2.45, 2.75) is 19.9 Å². The number of benzene rings is 1. The number of Topliss-reactive ketones (excluding diaryl/α,β-unsaturated/α-hetero) is 1. The van der Waals surface area contributed by atoms with Crippen molar-refractivity contribution in [1.29, 1.82) is 0 Å². The number of rotatable bonds is 4. The van der Waals surface area contributed by atoms with Gasteiger partial charge in [0, 0.05) is 18.1 Å². The van der Waals surface area contributed by atoms with Crippen LogP contribution in [0.4, 0.5) is 5.69 Å². The van der Waals surface area contributed by atoms with Crippen molar-refractivity contribution in [3.8, 4) is 0 Å². The maximum absolute atomic E-state index is 13.0. The van der Waals surface area contributed by atoms with E-state index in [-0.39, 0.29) is 11.3 Å². The highest BCUT2D eigenvalue weighted by atomic mass is 16.3. The minimum absolute atomic E-state index is 0.0221. The van der Waals surface area contributed by atoms with Crippen LogP contribution in [0.1, 0.15) is 33.3 Å². The lowest BCUT2D eigenvalue weighted by Gasteiger charge is -2.27. The molecule has 0 saturated carbocycles. The summed E-state index contributed by atoms with van der Waals surface area (Å²) in [6.07, 6.45) is 4.57. The maximum atomic E-state index is 13.0. The Balaban J connectivity index is 1.89. The Morgan fingerprint density at radius 2 is 1.96 bits per heavy atom. The molecule has 6 heteroatoms. The SMILES string of the molecule is Cc1ccc(N2C(=O)C(O)=C(C(=O)c3ccco3)C2c2cccnc2)cc1C. The smallest absolute Gasteiger partial charge is 0.294 e. The van der Waals surface area contributed by atoms with Crippen molar-refractivity contribution in [2.75, 3.05) is 4.90 Å². The molecule has 0 saturated heterocycles. The van der Waals surface area contributed by atoms with E-state index in [1.165, 1.54) is 17.2 Å². The molecule has 1 N–H and O–H groups in total. The van der Waals surface area contributed by atoms with Gasteiger partial charge in [-0.25, -0.2) is 0 Å². The minimum atomic E-state index is -0.805. The Kier molecular flexibility index (Phi) is 4.31. The molecule has 3 heterocycles. The van der Waals surface area contributed by atoms with Crippen LogP contribution in [0.25, 0.3) is 0 Å². The van der Waals surface area contributed by atoms with Crippen molar-refractivity contribution in [3.05, 3.63) is 94.9 Å². The summed E-state index contributed by atoms with van der Waals surface area (Å²) < 4.78 is 5.21. The highest BCUT2D eigenvalue weighted by Gasteiger charge is 2.45. The van der Waals surface area contributed by atoms with Gasteiger partial charge in [-0.3, -0.25) is 19.5 Å². The number of aliphatic hydroxyl groups excluding tert-OH is 1. The normalized spacial score (nSPS) is 16.7. The van der Waals surface area contributed by atoms with Gasteiger partial charge in [-0.15, -0.1) is 0 Å². The first kappa shape index (κ1) is 17.7. The Labute approximate surface area is 161 Å². The number of hydrogen-bond donors (Lipinski definition) is 1. The third kappa shape index (κ3) is 2.79. The number of aliphatic hydroxyl groups is 1. The van der Waals surface area contributed by atoms with Crippen LogP contribution in [-0.2, 0) is 4.79 Å². The van der Waals surface area contributed by atoms with E-state index in [9.17, 15) is 14.7 Å². The molecule has 4 rings (SSSR count). The number of aromatic nitrogens is 1. The minimum Gasteiger partial charge on any atom is -0.503 e. The molecule has 0 fully saturated rings. The third-order valence-corrected chi connectivity index (χ3v) is 4.97. The fraction of sp³-hybridized carbons (Fsp3) is 0.136. The molecule has 140 valence electrons. The average molecular weight is 374 g/mol. The molecule has 0 radical (unpaired) electrons. The lowest BCUT2D eigenvalue weighted by atomic mass is 9.95. The van der Waals surface area contributed by atoms with Crippen molar-refractivity contribution < 1.29 is 19.1 Å². The first-order valence-corrected chi connectivity index (χ1v) is 8.81. The van der Waals surface area contributed by atoms with Crippen molar-refractivity contribution in [2.24, 2.45) is 0 Å². The molecule has 3 aromatic rings. The van der Waals surface area contributed by atoms with Crippen LogP contribution >= 0.6 is 0 Å². The van der Waals surface area contributed by atoms with Crippen LogP contribution in [0.5, 0.6) is 0 Å². The molecule has 0 aliphatic carbocycles. The Bertz CT molecular complexity index is 1080. The van der Waals surface area contributed by atoms with E-state index >= 15 is 0 Å². The van der Waals surface area contributed by atoms with Crippen LogP contribution in [0, 0.1) is 13.8 Å². The van der Waals surface area contributed by atoms with E-state index in [0.717, 1.165) is 11.1 Å². The van der Waals surface area contributed by atoms with E-state index in [0.29, 0.717) is 11.3 Å². The highest BCUT2D eigenvalue weighted by molar-refractivity contribution is 6.20. The van der Waals surface area contributed by atoms with Crippen LogP contribution < -0.4 is 4.90 Å². The van der Waals surface area contributed by atoms with E-state index in [2.05, 4.69) is 4.98 Å². The number of furan rings is 1. The summed E-state index contributed by atoms with van der Waals surface area (Å²) in [6, 6.07) is 11.4. The molecule has 1 atom stereocenters. The van der Waals surface area contributed by atoms with E-state index in [1.807, 2.05) is 26.0 Å². The number of ketones is 1. The molecule has 1 aromatic carbocycles. The highest BCUT2D eigenvalue weighted by Crippen LogP contribution is 2.42. The van der Waals surface area contributed by atoms with Gasteiger partial charge in [0.1, 0.15) is 0 Å². The van der Waals surface area contributed by atoms with Gasteiger partial charge < -0.3 is 9.52 Å². The fourth-order valence-electron chi connectivity index (χ4n) is 3.37. The average Bonchev–Trinajstić information content (AvgIpc) is 3.32. The predicted molar refractivity (Wildman–Crippen MR) is 103 cm³/mol. The zero-order chi connectivity index (χ0) is 19.8. The van der Waals surface area contributed by atoms with Gasteiger partial charge in [-0.05, 0) is 60.9 Å². The van der Waals surface area contributed by atoms with Crippen LogP contribution in [0.15, 0.2) is 76.9 Å². The summed E-state index contributed by atoms with van der Waals surface area (Å²) in [5.41, 5.74) is 3.27. The van der Waals surface area contributed by atoms with Crippen molar-refractivity contribution in [3.63, 3.8) is 0 Å². The van der Waals surface area contributed by atoms with Crippen LogP contribution in [0.3, 0.4) is 0 Å². The zero-order valence-electron chi connectivity index (χ0n) is 15.4. The third-order valence-electron chi connectivity index (χ3n) is 4.97. The topological polar surface area (TPSA) is 83.6 Å². The molecule has 0 bridgehead atoms. The maximum Gasteiger partial charge on any atom is 0.294 e. The monoisotopic (exact) mass is 374 g/mol. The first-order valence-electron chi connectivity index (χ1n) is 8.81. The number of aryl methyl sites for hydroxylation is 2. The second-order valence-corrected chi connectivity index (χ2v) is 6.70. The molecule has 1 amide bonds. The molecule has 1 unspecified atom stereocenters. The standard InChI is InChI=1S/C22H18N2O4/c1-13-7-8-16(11-14(13)2)24-19(15-5-3-9-23-12-15)18(21(26)22(24)27)20(25)17-6-4-10-28-17/h3-12,19,26H,1-2H3. The van der Waals surface area contributed by atoms with Gasteiger partial charge in [0.25, 0.3) is 5.91 Å². The quantitative estimate of drug-likeness (QED) is 0.696. The Morgan fingerprint density at radius 1 is 1.14 bits per heavy atom. The molecular weight excluding hydrogens is 356 g/mol. The second-order valence-electron chi connectivity index (χ2n) is 6.70. The van der Waals surface area contributed by atoms with E-state index in [4.69, 9.17) is 4.42 Å². The Hall–Kier alpha value is -3.67. The van der Waals surface area contributed by atoms with Gasteiger partial charge in [-0.1, -0.05) is 12.1 Å². The largest absolute Gasteiger partial charge is 0.503 e. The van der Waals surface area contributed by atoms with Gasteiger partial charge >= 0.3 is 0 Å². The summed E-state index contributed by atoms with van der Waals surface area (Å²) in [4.78, 5) is 31.6. The van der Waals surface area contributed by atoms with Crippen LogP contribution in [0.2, 0.25) is 0 Å². The molecular formula is C22H18N2O4. The number of carbonyl (C=O) groups excluding carboxylic acids is 2. The number of anilines is 1. The molecule has 0 spiro atoms.